The van der Waals surface area contributed by atoms with Crippen LogP contribution in [0.1, 0.15) is 28.4 Å². The summed E-state index contributed by atoms with van der Waals surface area (Å²) in [5.74, 6) is 0.0250. The van der Waals surface area contributed by atoms with Crippen LogP contribution in [0.25, 0.3) is 10.8 Å². The summed E-state index contributed by atoms with van der Waals surface area (Å²) in [6.07, 6.45) is 0.653. The van der Waals surface area contributed by atoms with Gasteiger partial charge in [-0.15, -0.1) is 0 Å². The normalized spacial score (nSPS) is 11.9. The summed E-state index contributed by atoms with van der Waals surface area (Å²) in [6, 6.07) is 25.9. The molecule has 0 radical (unpaired) electrons. The number of carbonyl (C=O) groups is 2. The number of halogens is 1. The Morgan fingerprint density at radius 1 is 0.943 bits per heavy atom. The second-order valence-corrected chi connectivity index (χ2v) is 8.81. The Morgan fingerprint density at radius 3 is 2.49 bits per heavy atom. The Hall–Kier alpha value is -3.97. The van der Waals surface area contributed by atoms with Crippen molar-refractivity contribution >= 4 is 44.8 Å². The molecule has 0 heterocycles. The van der Waals surface area contributed by atoms with Crippen molar-refractivity contribution in [3.05, 3.63) is 106 Å². The van der Waals surface area contributed by atoms with Gasteiger partial charge in [0.2, 0.25) is 0 Å². The fourth-order valence-electron chi connectivity index (χ4n) is 3.42. The van der Waals surface area contributed by atoms with Gasteiger partial charge < -0.3 is 9.47 Å². The van der Waals surface area contributed by atoms with Gasteiger partial charge >= 0.3 is 5.97 Å². The van der Waals surface area contributed by atoms with E-state index >= 15 is 0 Å². The SMILES string of the molecule is Cc1ccccc1C(=O)Oc1ccc(Br)cc1/C=N\NC(=O)[C@H](C)Oc1ccc2ccccc2c1. The van der Waals surface area contributed by atoms with Gasteiger partial charge in [0, 0.05) is 10.0 Å². The number of esters is 1. The Morgan fingerprint density at radius 2 is 1.69 bits per heavy atom. The van der Waals surface area contributed by atoms with Gasteiger partial charge in [-0.25, -0.2) is 10.2 Å². The highest BCUT2D eigenvalue weighted by atomic mass is 79.9. The molecule has 35 heavy (non-hydrogen) atoms. The van der Waals surface area contributed by atoms with E-state index in [1.165, 1.54) is 6.21 Å². The fourth-order valence-corrected chi connectivity index (χ4v) is 3.80. The van der Waals surface area contributed by atoms with E-state index in [9.17, 15) is 9.59 Å². The molecule has 0 aliphatic rings. The van der Waals surface area contributed by atoms with Gasteiger partial charge in [-0.3, -0.25) is 4.79 Å². The zero-order chi connectivity index (χ0) is 24.8. The van der Waals surface area contributed by atoms with Crippen LogP contribution in [0, 0.1) is 6.92 Å². The molecule has 0 spiro atoms. The van der Waals surface area contributed by atoms with Crippen molar-refractivity contribution < 1.29 is 19.1 Å². The summed E-state index contributed by atoms with van der Waals surface area (Å²) >= 11 is 3.41. The first kappa shape index (κ1) is 24.2. The first-order chi connectivity index (χ1) is 16.9. The average Bonchev–Trinajstić information content (AvgIpc) is 2.85. The van der Waals surface area contributed by atoms with Crippen LogP contribution in [-0.2, 0) is 4.79 Å². The Kier molecular flexibility index (Phi) is 7.57. The topological polar surface area (TPSA) is 77.0 Å². The molecule has 0 aromatic heterocycles. The number of benzene rings is 4. The minimum atomic E-state index is -0.769. The molecule has 1 N–H and O–H groups in total. The summed E-state index contributed by atoms with van der Waals surface area (Å²) in [4.78, 5) is 25.1. The summed E-state index contributed by atoms with van der Waals surface area (Å²) < 4.78 is 12.2. The molecular weight excluding hydrogens is 508 g/mol. The third-order valence-corrected chi connectivity index (χ3v) is 5.81. The van der Waals surface area contributed by atoms with E-state index in [0.717, 1.165) is 20.8 Å². The number of amides is 1. The summed E-state index contributed by atoms with van der Waals surface area (Å²) in [7, 11) is 0. The molecule has 4 rings (SSSR count). The maximum Gasteiger partial charge on any atom is 0.343 e. The Labute approximate surface area is 211 Å². The van der Waals surface area contributed by atoms with Crippen LogP contribution in [0.15, 0.2) is 94.5 Å². The lowest BCUT2D eigenvalue weighted by Gasteiger charge is -2.13. The number of nitrogens with one attached hydrogen (secondary N) is 1. The van der Waals surface area contributed by atoms with Gasteiger partial charge in [-0.1, -0.05) is 64.5 Å². The highest BCUT2D eigenvalue weighted by Crippen LogP contribution is 2.24. The van der Waals surface area contributed by atoms with Crippen LogP contribution in [0.2, 0.25) is 0 Å². The number of rotatable bonds is 7. The van der Waals surface area contributed by atoms with Gasteiger partial charge in [-0.2, -0.15) is 5.10 Å². The Balaban J connectivity index is 1.41. The molecule has 6 nitrogen and oxygen atoms in total. The Bertz CT molecular complexity index is 1420. The monoisotopic (exact) mass is 530 g/mol. The highest BCUT2D eigenvalue weighted by Gasteiger charge is 2.15. The lowest BCUT2D eigenvalue weighted by Crippen LogP contribution is -2.33. The zero-order valence-corrected chi connectivity index (χ0v) is 20.8. The van der Waals surface area contributed by atoms with E-state index in [4.69, 9.17) is 9.47 Å². The van der Waals surface area contributed by atoms with Gasteiger partial charge in [0.05, 0.1) is 11.8 Å². The largest absolute Gasteiger partial charge is 0.481 e. The van der Waals surface area contributed by atoms with Crippen molar-refractivity contribution in [2.24, 2.45) is 5.10 Å². The molecule has 4 aromatic carbocycles. The maximum absolute atomic E-state index is 12.6. The molecule has 0 aliphatic heterocycles. The fraction of sp³-hybridized carbons (Fsp3) is 0.107. The second kappa shape index (κ2) is 11.0. The lowest BCUT2D eigenvalue weighted by atomic mass is 10.1. The molecule has 0 fully saturated rings. The minimum Gasteiger partial charge on any atom is -0.481 e. The van der Waals surface area contributed by atoms with Crippen LogP contribution in [0.3, 0.4) is 0 Å². The van der Waals surface area contributed by atoms with E-state index in [-0.39, 0.29) is 0 Å². The second-order valence-electron chi connectivity index (χ2n) is 7.89. The van der Waals surface area contributed by atoms with Crippen molar-refractivity contribution in [2.75, 3.05) is 0 Å². The molecule has 0 aliphatic carbocycles. The maximum atomic E-state index is 12.6. The number of fused-ring (bicyclic) bond motifs is 1. The van der Waals surface area contributed by atoms with E-state index in [1.54, 1.807) is 37.3 Å². The standard InChI is InChI=1S/C28H23BrN2O4/c1-18-7-3-6-10-25(18)28(33)35-26-14-12-23(29)15-22(26)17-30-31-27(32)19(2)34-24-13-11-20-8-4-5-9-21(20)16-24/h3-17,19H,1-2H3,(H,31,32)/b30-17-/t19-/m0/s1. The quantitative estimate of drug-likeness (QED) is 0.136. The van der Waals surface area contributed by atoms with Crippen molar-refractivity contribution in [1.82, 2.24) is 5.43 Å². The average molecular weight is 531 g/mol. The molecule has 0 bridgehead atoms. The van der Waals surface area contributed by atoms with E-state index < -0.39 is 18.0 Å². The van der Waals surface area contributed by atoms with Crippen LogP contribution >= 0.6 is 15.9 Å². The number of carbonyl (C=O) groups excluding carboxylic acids is 2. The zero-order valence-electron chi connectivity index (χ0n) is 19.2. The van der Waals surface area contributed by atoms with E-state index in [1.807, 2.05) is 61.5 Å². The first-order valence-corrected chi connectivity index (χ1v) is 11.8. The molecule has 0 unspecified atom stereocenters. The summed E-state index contributed by atoms with van der Waals surface area (Å²) in [5.41, 5.74) is 4.29. The predicted octanol–water partition coefficient (Wildman–Crippen LogP) is 6.05. The van der Waals surface area contributed by atoms with Crippen LogP contribution in [0.4, 0.5) is 0 Å². The van der Waals surface area contributed by atoms with Gasteiger partial charge in [-0.05, 0) is 66.6 Å². The third kappa shape index (κ3) is 6.13. The molecule has 0 saturated heterocycles. The van der Waals surface area contributed by atoms with Crippen LogP contribution < -0.4 is 14.9 Å². The van der Waals surface area contributed by atoms with Gasteiger partial charge in [0.15, 0.2) is 6.10 Å². The molecule has 0 saturated carbocycles. The van der Waals surface area contributed by atoms with E-state index in [0.29, 0.717) is 22.6 Å². The van der Waals surface area contributed by atoms with Crippen molar-refractivity contribution in [1.29, 1.82) is 0 Å². The van der Waals surface area contributed by atoms with Crippen LogP contribution in [-0.4, -0.2) is 24.2 Å². The molecule has 4 aromatic rings. The number of hydrazone groups is 1. The van der Waals surface area contributed by atoms with E-state index in [2.05, 4.69) is 26.5 Å². The number of hydrogen-bond acceptors (Lipinski definition) is 5. The molecular formula is C28H23BrN2O4. The number of hydrogen-bond donors (Lipinski definition) is 1. The number of aryl methyl sites for hydroxylation is 1. The predicted molar refractivity (Wildman–Crippen MR) is 140 cm³/mol. The van der Waals surface area contributed by atoms with Crippen LogP contribution in [0.5, 0.6) is 11.5 Å². The number of nitrogens with zero attached hydrogens (tertiary/aromatic N) is 1. The molecule has 1 atom stereocenters. The van der Waals surface area contributed by atoms with Gasteiger partial charge in [0.1, 0.15) is 11.5 Å². The smallest absolute Gasteiger partial charge is 0.343 e. The molecule has 7 heteroatoms. The third-order valence-electron chi connectivity index (χ3n) is 5.32. The summed E-state index contributed by atoms with van der Waals surface area (Å²) in [5, 5.41) is 6.15. The minimum absolute atomic E-state index is 0.319. The van der Waals surface area contributed by atoms with Crippen molar-refractivity contribution in [3.8, 4) is 11.5 Å². The van der Waals surface area contributed by atoms with Gasteiger partial charge in [0.25, 0.3) is 5.91 Å². The van der Waals surface area contributed by atoms with Crippen molar-refractivity contribution in [2.45, 2.75) is 20.0 Å². The lowest BCUT2D eigenvalue weighted by molar-refractivity contribution is -0.127. The van der Waals surface area contributed by atoms with Crippen molar-refractivity contribution in [3.63, 3.8) is 0 Å². The molecule has 176 valence electrons. The summed E-state index contributed by atoms with van der Waals surface area (Å²) in [6.45, 7) is 3.49. The first-order valence-electron chi connectivity index (χ1n) is 11.0. The number of ether oxygens (including phenoxy) is 2. The molecule has 1 amide bonds. The highest BCUT2D eigenvalue weighted by molar-refractivity contribution is 9.10.